The highest BCUT2D eigenvalue weighted by molar-refractivity contribution is 5.94. The summed E-state index contributed by atoms with van der Waals surface area (Å²) in [6.45, 7) is 10.1. The molecule has 1 amide bonds. The van der Waals surface area contributed by atoms with Gasteiger partial charge in [0, 0.05) is 11.3 Å². The van der Waals surface area contributed by atoms with E-state index in [2.05, 4.69) is 11.9 Å². The predicted octanol–water partition coefficient (Wildman–Crippen LogP) is 4.42. The number of hydroxylamine groups is 1. The highest BCUT2D eigenvalue weighted by atomic mass is 16.5. The van der Waals surface area contributed by atoms with Gasteiger partial charge < -0.3 is 0 Å². The number of carbonyl (C=O) groups is 1. The molecule has 0 aliphatic rings. The van der Waals surface area contributed by atoms with Gasteiger partial charge in [0.15, 0.2) is 0 Å². The molecule has 0 atom stereocenters. The van der Waals surface area contributed by atoms with E-state index in [9.17, 15) is 4.79 Å². The van der Waals surface area contributed by atoms with Gasteiger partial charge in [-0.3, -0.25) is 15.0 Å². The predicted molar refractivity (Wildman–Crippen MR) is 84.1 cm³/mol. The topological polar surface area (TPSA) is 61.7 Å². The molecule has 0 aliphatic carbocycles. The van der Waals surface area contributed by atoms with E-state index in [4.69, 9.17) is 5.21 Å². The molecular weight excluding hydrogens is 252 g/mol. The summed E-state index contributed by atoms with van der Waals surface area (Å²) in [6.07, 6.45) is 3.29. The Kier molecular flexibility index (Phi) is 9.30. The summed E-state index contributed by atoms with van der Waals surface area (Å²) in [5.74, 6) is -0.503. The van der Waals surface area contributed by atoms with E-state index < -0.39 is 5.91 Å². The second-order valence-electron chi connectivity index (χ2n) is 4.39. The van der Waals surface area contributed by atoms with Crippen LogP contribution in [0.5, 0.6) is 0 Å². The molecule has 4 heteroatoms. The number of benzene rings is 1. The van der Waals surface area contributed by atoms with Crippen LogP contribution in [0.4, 0.5) is 5.69 Å². The highest BCUT2D eigenvalue weighted by Gasteiger charge is 2.06. The number of aryl methyl sites for hydroxylation is 1. The van der Waals surface area contributed by atoms with Crippen LogP contribution in [0.1, 0.15) is 62.9 Å². The molecule has 0 bridgehead atoms. The number of unbranched alkanes of at least 4 members (excludes halogenated alkanes) is 1. The SMILES string of the molecule is CC.CCCCC(C)=Nc1ccc(C(=O)NO)cc1C. The van der Waals surface area contributed by atoms with Gasteiger partial charge in [0.25, 0.3) is 5.91 Å². The van der Waals surface area contributed by atoms with Crippen LogP contribution in [0.25, 0.3) is 0 Å². The van der Waals surface area contributed by atoms with Crippen molar-refractivity contribution in [1.82, 2.24) is 5.48 Å². The van der Waals surface area contributed by atoms with Crippen LogP contribution >= 0.6 is 0 Å². The summed E-state index contributed by atoms with van der Waals surface area (Å²) in [5, 5.41) is 8.56. The Bertz CT molecular complexity index is 454. The van der Waals surface area contributed by atoms with Crippen molar-refractivity contribution in [1.29, 1.82) is 0 Å². The fraction of sp³-hybridized carbons (Fsp3) is 0.500. The van der Waals surface area contributed by atoms with Crippen molar-refractivity contribution in [2.24, 2.45) is 4.99 Å². The van der Waals surface area contributed by atoms with Crippen LogP contribution < -0.4 is 5.48 Å². The molecule has 0 aromatic heterocycles. The largest absolute Gasteiger partial charge is 0.288 e. The zero-order chi connectivity index (χ0) is 15.5. The molecule has 1 rings (SSSR count). The van der Waals surface area contributed by atoms with Crippen molar-refractivity contribution in [2.45, 2.75) is 53.9 Å². The zero-order valence-electron chi connectivity index (χ0n) is 13.2. The van der Waals surface area contributed by atoms with Gasteiger partial charge in [-0.05, 0) is 50.5 Å². The number of aliphatic imine (C=N–C) groups is 1. The van der Waals surface area contributed by atoms with Gasteiger partial charge in [-0.25, -0.2) is 5.48 Å². The summed E-state index contributed by atoms with van der Waals surface area (Å²) >= 11 is 0. The first-order valence-corrected chi connectivity index (χ1v) is 7.17. The van der Waals surface area contributed by atoms with Gasteiger partial charge in [0.05, 0.1) is 5.69 Å². The monoisotopic (exact) mass is 278 g/mol. The van der Waals surface area contributed by atoms with Gasteiger partial charge in [0.1, 0.15) is 0 Å². The standard InChI is InChI=1S/C14H20N2O2.C2H6/c1-4-5-6-11(3)15-13-8-7-12(9-10(13)2)14(17)16-18;1-2/h7-9,18H,4-6H2,1-3H3,(H,16,17);1-2H3. The van der Waals surface area contributed by atoms with E-state index in [1.165, 1.54) is 0 Å². The lowest BCUT2D eigenvalue weighted by Crippen LogP contribution is -2.18. The number of amides is 1. The first-order chi connectivity index (χ1) is 9.58. The van der Waals surface area contributed by atoms with E-state index in [1.807, 2.05) is 27.7 Å². The highest BCUT2D eigenvalue weighted by Crippen LogP contribution is 2.20. The molecule has 0 unspecified atom stereocenters. The third-order valence-corrected chi connectivity index (χ3v) is 2.76. The minimum absolute atomic E-state index is 0.431. The average Bonchev–Trinajstić information content (AvgIpc) is 2.48. The Labute approximate surface area is 121 Å². The van der Waals surface area contributed by atoms with Crippen molar-refractivity contribution >= 4 is 17.3 Å². The van der Waals surface area contributed by atoms with Gasteiger partial charge in [-0.2, -0.15) is 0 Å². The summed E-state index contributed by atoms with van der Waals surface area (Å²) in [6, 6.07) is 5.18. The fourth-order valence-electron chi connectivity index (χ4n) is 1.68. The van der Waals surface area contributed by atoms with Crippen molar-refractivity contribution in [3.8, 4) is 0 Å². The number of rotatable bonds is 5. The molecule has 0 spiro atoms. The van der Waals surface area contributed by atoms with E-state index in [1.54, 1.807) is 23.7 Å². The van der Waals surface area contributed by atoms with Crippen LogP contribution in [0.2, 0.25) is 0 Å². The van der Waals surface area contributed by atoms with Crippen LogP contribution in [0, 0.1) is 6.92 Å². The Morgan fingerprint density at radius 3 is 2.50 bits per heavy atom. The summed E-state index contributed by atoms with van der Waals surface area (Å²) in [4.78, 5) is 15.8. The Morgan fingerprint density at radius 1 is 1.35 bits per heavy atom. The van der Waals surface area contributed by atoms with E-state index >= 15 is 0 Å². The van der Waals surface area contributed by atoms with Crippen LogP contribution in [-0.4, -0.2) is 16.8 Å². The number of nitrogens with zero attached hydrogens (tertiary/aromatic N) is 1. The van der Waals surface area contributed by atoms with Gasteiger partial charge in [-0.1, -0.05) is 27.2 Å². The molecular formula is C16H26N2O2. The maximum Gasteiger partial charge on any atom is 0.274 e. The summed E-state index contributed by atoms with van der Waals surface area (Å²) in [7, 11) is 0. The molecule has 0 aliphatic heterocycles. The smallest absolute Gasteiger partial charge is 0.274 e. The van der Waals surface area contributed by atoms with Gasteiger partial charge in [0.2, 0.25) is 0 Å². The first-order valence-electron chi connectivity index (χ1n) is 7.17. The minimum atomic E-state index is -0.503. The zero-order valence-corrected chi connectivity index (χ0v) is 13.2. The quantitative estimate of drug-likeness (QED) is 0.475. The van der Waals surface area contributed by atoms with E-state index in [-0.39, 0.29) is 0 Å². The lowest BCUT2D eigenvalue weighted by atomic mass is 10.1. The normalized spacial score (nSPS) is 10.6. The van der Waals surface area contributed by atoms with Gasteiger partial charge in [-0.15, -0.1) is 0 Å². The van der Waals surface area contributed by atoms with E-state index in [0.717, 1.165) is 36.2 Å². The van der Waals surface area contributed by atoms with Crippen molar-refractivity contribution < 1.29 is 10.0 Å². The van der Waals surface area contributed by atoms with Crippen molar-refractivity contribution in [3.63, 3.8) is 0 Å². The maximum absolute atomic E-state index is 11.2. The number of hydrogen-bond donors (Lipinski definition) is 2. The third kappa shape index (κ3) is 5.97. The molecule has 2 N–H and O–H groups in total. The molecule has 1 aromatic carbocycles. The lowest BCUT2D eigenvalue weighted by Gasteiger charge is -2.05. The number of nitrogens with one attached hydrogen (secondary N) is 1. The molecule has 0 fully saturated rings. The Balaban J connectivity index is 0.00000172. The molecule has 112 valence electrons. The molecule has 0 radical (unpaired) electrons. The Morgan fingerprint density at radius 2 is 2.00 bits per heavy atom. The van der Waals surface area contributed by atoms with Gasteiger partial charge >= 0.3 is 0 Å². The second-order valence-corrected chi connectivity index (χ2v) is 4.39. The summed E-state index contributed by atoms with van der Waals surface area (Å²) < 4.78 is 0. The van der Waals surface area contributed by atoms with E-state index in [0.29, 0.717) is 5.56 Å². The lowest BCUT2D eigenvalue weighted by molar-refractivity contribution is 0.0706. The average molecular weight is 278 g/mol. The molecule has 0 heterocycles. The maximum atomic E-state index is 11.2. The van der Waals surface area contributed by atoms with Crippen LogP contribution in [0.15, 0.2) is 23.2 Å². The molecule has 20 heavy (non-hydrogen) atoms. The molecule has 4 nitrogen and oxygen atoms in total. The molecule has 0 saturated heterocycles. The number of carbonyl (C=O) groups excluding carboxylic acids is 1. The fourth-order valence-corrected chi connectivity index (χ4v) is 1.68. The number of hydrogen-bond acceptors (Lipinski definition) is 3. The van der Waals surface area contributed by atoms with Crippen molar-refractivity contribution in [3.05, 3.63) is 29.3 Å². The second kappa shape index (κ2) is 10.1. The Hall–Kier alpha value is -1.68. The summed E-state index contributed by atoms with van der Waals surface area (Å²) in [5.41, 5.74) is 4.95. The van der Waals surface area contributed by atoms with Crippen LogP contribution in [-0.2, 0) is 0 Å². The molecule has 0 saturated carbocycles. The minimum Gasteiger partial charge on any atom is -0.288 e. The van der Waals surface area contributed by atoms with Crippen molar-refractivity contribution in [2.75, 3.05) is 0 Å². The van der Waals surface area contributed by atoms with Crippen LogP contribution in [0.3, 0.4) is 0 Å². The first kappa shape index (κ1) is 18.3. The third-order valence-electron chi connectivity index (χ3n) is 2.76. The molecule has 1 aromatic rings.